The largest absolute Gasteiger partial charge is 0.369 e. The van der Waals surface area contributed by atoms with Crippen LogP contribution in [-0.2, 0) is 4.79 Å². The van der Waals surface area contributed by atoms with Gasteiger partial charge >= 0.3 is 0 Å². The summed E-state index contributed by atoms with van der Waals surface area (Å²) in [5.74, 6) is 6.05. The Morgan fingerprint density at radius 2 is 2.38 bits per heavy atom. The number of imidazole rings is 1. The number of fused-ring (bicyclic) bond motifs is 1. The van der Waals surface area contributed by atoms with E-state index in [1.807, 2.05) is 25.1 Å². The van der Waals surface area contributed by atoms with Crippen LogP contribution in [0.25, 0.3) is 11.0 Å². The molecule has 1 aromatic carbocycles. The van der Waals surface area contributed by atoms with Crippen LogP contribution in [0.1, 0.15) is 17.8 Å². The summed E-state index contributed by atoms with van der Waals surface area (Å²) in [5, 5.41) is 0. The molecule has 2 aromatic rings. The van der Waals surface area contributed by atoms with Gasteiger partial charge in [0, 0.05) is 5.56 Å². The Bertz CT molecular complexity index is 601. The van der Waals surface area contributed by atoms with Crippen molar-refractivity contribution in [2.75, 3.05) is 0 Å². The molecule has 1 heterocycles. The fourth-order valence-electron chi connectivity index (χ4n) is 1.45. The number of aromatic amines is 1. The molecule has 1 amide bonds. The molecule has 3 N–H and O–H groups in total. The molecule has 0 aliphatic rings. The third-order valence-electron chi connectivity index (χ3n) is 2.10. The first-order valence-electron chi connectivity index (χ1n) is 4.89. The van der Waals surface area contributed by atoms with E-state index in [9.17, 15) is 4.79 Å². The molecule has 0 atom stereocenters. The number of amides is 1. The first-order chi connectivity index (χ1) is 7.65. The van der Waals surface area contributed by atoms with Crippen LogP contribution in [-0.4, -0.2) is 15.9 Å². The summed E-state index contributed by atoms with van der Waals surface area (Å²) >= 11 is 0. The Balaban J connectivity index is 2.30. The van der Waals surface area contributed by atoms with E-state index in [1.54, 1.807) is 0 Å². The van der Waals surface area contributed by atoms with Gasteiger partial charge < -0.3 is 10.7 Å². The number of primary amides is 1. The minimum atomic E-state index is -0.411. The normalized spacial score (nSPS) is 9.81. The van der Waals surface area contributed by atoms with E-state index in [2.05, 4.69) is 21.8 Å². The lowest BCUT2D eigenvalue weighted by atomic mass is 10.2. The van der Waals surface area contributed by atoms with Gasteiger partial charge in [0.15, 0.2) is 0 Å². The highest BCUT2D eigenvalue weighted by Crippen LogP contribution is 2.12. The average molecular weight is 213 g/mol. The summed E-state index contributed by atoms with van der Waals surface area (Å²) in [6, 6.07) is 5.67. The number of carbonyl (C=O) groups is 1. The van der Waals surface area contributed by atoms with Crippen LogP contribution in [0.4, 0.5) is 0 Å². The highest BCUT2D eigenvalue weighted by molar-refractivity contribution is 5.78. The summed E-state index contributed by atoms with van der Waals surface area (Å²) in [7, 11) is 0. The third-order valence-corrected chi connectivity index (χ3v) is 2.10. The van der Waals surface area contributed by atoms with E-state index < -0.39 is 5.91 Å². The molecule has 0 saturated heterocycles. The first kappa shape index (κ1) is 10.2. The Labute approximate surface area is 92.9 Å². The molecule has 80 valence electrons. The zero-order chi connectivity index (χ0) is 11.5. The Morgan fingerprint density at radius 1 is 1.56 bits per heavy atom. The summed E-state index contributed by atoms with van der Waals surface area (Å²) in [4.78, 5) is 17.9. The molecule has 0 aliphatic heterocycles. The molecule has 0 unspecified atom stereocenters. The number of aromatic nitrogens is 2. The van der Waals surface area contributed by atoms with E-state index in [-0.39, 0.29) is 6.42 Å². The number of aryl methyl sites for hydroxylation is 1. The fraction of sp³-hybridized carbons (Fsp3) is 0.167. The van der Waals surface area contributed by atoms with Gasteiger partial charge in [-0.3, -0.25) is 4.79 Å². The summed E-state index contributed by atoms with van der Waals surface area (Å²) < 4.78 is 0. The number of nitrogens with one attached hydrogen (secondary N) is 1. The molecular formula is C12H11N3O. The number of hydrogen-bond donors (Lipinski definition) is 2. The molecule has 16 heavy (non-hydrogen) atoms. The second kappa shape index (κ2) is 4.07. The van der Waals surface area contributed by atoms with E-state index in [0.717, 1.165) is 22.4 Å². The predicted molar refractivity (Wildman–Crippen MR) is 61.5 cm³/mol. The smallest absolute Gasteiger partial charge is 0.229 e. The van der Waals surface area contributed by atoms with Crippen LogP contribution < -0.4 is 5.73 Å². The number of benzene rings is 1. The van der Waals surface area contributed by atoms with E-state index in [1.165, 1.54) is 0 Å². The first-order valence-corrected chi connectivity index (χ1v) is 4.89. The maximum Gasteiger partial charge on any atom is 0.229 e. The van der Waals surface area contributed by atoms with Gasteiger partial charge in [-0.05, 0) is 25.1 Å². The molecule has 0 spiro atoms. The van der Waals surface area contributed by atoms with Crippen LogP contribution in [0.2, 0.25) is 0 Å². The molecule has 1 aromatic heterocycles. The Morgan fingerprint density at radius 3 is 3.12 bits per heavy atom. The van der Waals surface area contributed by atoms with Crippen LogP contribution in [0.15, 0.2) is 18.2 Å². The fourth-order valence-corrected chi connectivity index (χ4v) is 1.45. The predicted octanol–water partition coefficient (Wildman–Crippen LogP) is 1.10. The van der Waals surface area contributed by atoms with Gasteiger partial charge in [-0.25, -0.2) is 4.98 Å². The zero-order valence-electron chi connectivity index (χ0n) is 8.87. The topological polar surface area (TPSA) is 71.8 Å². The molecule has 4 nitrogen and oxygen atoms in total. The molecule has 2 rings (SSSR count). The Hall–Kier alpha value is -2.28. The molecule has 4 heteroatoms. The maximum atomic E-state index is 10.5. The molecule has 0 fully saturated rings. The van der Waals surface area contributed by atoms with E-state index in [4.69, 9.17) is 5.73 Å². The summed E-state index contributed by atoms with van der Waals surface area (Å²) in [6.45, 7) is 1.90. The second-order valence-corrected chi connectivity index (χ2v) is 3.50. The molecule has 0 bridgehead atoms. The number of carbonyl (C=O) groups excluding carboxylic acids is 1. The highest BCUT2D eigenvalue weighted by Gasteiger charge is 1.98. The molecular weight excluding hydrogens is 202 g/mol. The standard InChI is InChI=1S/C12H11N3O/c1-8-14-10-6-5-9(7-11(10)15-8)3-2-4-12(13)16/h5-7H,4H2,1H3,(H2,13,16)(H,14,15). The maximum absolute atomic E-state index is 10.5. The van der Waals surface area contributed by atoms with Crippen molar-refractivity contribution in [3.63, 3.8) is 0 Å². The van der Waals surface area contributed by atoms with Crippen LogP contribution in [0.5, 0.6) is 0 Å². The van der Waals surface area contributed by atoms with Gasteiger partial charge in [0.1, 0.15) is 5.82 Å². The van der Waals surface area contributed by atoms with Crippen molar-refractivity contribution in [1.82, 2.24) is 9.97 Å². The lowest BCUT2D eigenvalue weighted by Crippen LogP contribution is -2.08. The summed E-state index contributed by atoms with van der Waals surface area (Å²) in [6.07, 6.45) is 0.0834. The third kappa shape index (κ3) is 2.20. The quantitative estimate of drug-likeness (QED) is 0.696. The molecule has 0 radical (unpaired) electrons. The van der Waals surface area contributed by atoms with Gasteiger partial charge in [-0.2, -0.15) is 0 Å². The van der Waals surface area contributed by atoms with Crippen molar-refractivity contribution in [1.29, 1.82) is 0 Å². The lowest BCUT2D eigenvalue weighted by Gasteiger charge is -1.90. The monoisotopic (exact) mass is 213 g/mol. The number of rotatable bonds is 1. The molecule has 0 saturated carbocycles. The van der Waals surface area contributed by atoms with Gasteiger partial charge in [-0.1, -0.05) is 11.8 Å². The van der Waals surface area contributed by atoms with Crippen molar-refractivity contribution in [3.05, 3.63) is 29.6 Å². The average Bonchev–Trinajstić information content (AvgIpc) is 2.56. The number of hydrogen-bond acceptors (Lipinski definition) is 2. The van der Waals surface area contributed by atoms with E-state index in [0.29, 0.717) is 0 Å². The number of nitrogens with zero attached hydrogens (tertiary/aromatic N) is 1. The zero-order valence-corrected chi connectivity index (χ0v) is 8.87. The SMILES string of the molecule is Cc1nc2ccc(C#CCC(N)=O)cc2[nH]1. The number of H-pyrrole nitrogens is 1. The van der Waals surface area contributed by atoms with Gasteiger partial charge in [-0.15, -0.1) is 0 Å². The highest BCUT2D eigenvalue weighted by atomic mass is 16.1. The van der Waals surface area contributed by atoms with Crippen molar-refractivity contribution < 1.29 is 4.79 Å². The molecule has 0 aliphatic carbocycles. The lowest BCUT2D eigenvalue weighted by molar-refractivity contribution is -0.117. The van der Waals surface area contributed by atoms with Crippen molar-refractivity contribution in [3.8, 4) is 11.8 Å². The Kier molecular flexibility index (Phi) is 2.61. The minimum absolute atomic E-state index is 0.0834. The van der Waals surface area contributed by atoms with Crippen molar-refractivity contribution in [2.45, 2.75) is 13.3 Å². The van der Waals surface area contributed by atoms with Crippen molar-refractivity contribution in [2.24, 2.45) is 5.73 Å². The van der Waals surface area contributed by atoms with Gasteiger partial charge in [0.05, 0.1) is 17.5 Å². The van der Waals surface area contributed by atoms with Crippen LogP contribution >= 0.6 is 0 Å². The second-order valence-electron chi connectivity index (χ2n) is 3.50. The van der Waals surface area contributed by atoms with Gasteiger partial charge in [0.2, 0.25) is 5.91 Å². The van der Waals surface area contributed by atoms with Gasteiger partial charge in [0.25, 0.3) is 0 Å². The van der Waals surface area contributed by atoms with Crippen LogP contribution in [0.3, 0.4) is 0 Å². The van der Waals surface area contributed by atoms with Crippen LogP contribution in [0, 0.1) is 18.8 Å². The summed E-state index contributed by atoms with van der Waals surface area (Å²) in [5.41, 5.74) is 7.70. The van der Waals surface area contributed by atoms with E-state index >= 15 is 0 Å². The number of nitrogens with two attached hydrogens (primary N) is 1. The minimum Gasteiger partial charge on any atom is -0.369 e. The van der Waals surface area contributed by atoms with Crippen molar-refractivity contribution >= 4 is 16.9 Å².